The van der Waals surface area contributed by atoms with Crippen LogP contribution < -0.4 is 4.72 Å². The maximum atomic E-state index is 13.3. The van der Waals surface area contributed by atoms with Gasteiger partial charge in [-0.25, -0.2) is 13.2 Å². The Bertz CT molecular complexity index is 1100. The molecule has 1 N–H and O–H groups in total. The number of aryl methyl sites for hydroxylation is 1. The summed E-state index contributed by atoms with van der Waals surface area (Å²) in [6, 6.07) is 5.36. The lowest BCUT2D eigenvalue weighted by atomic mass is 10.0. The van der Waals surface area contributed by atoms with Crippen LogP contribution in [0.4, 0.5) is 5.69 Å². The van der Waals surface area contributed by atoms with Crippen LogP contribution in [0.15, 0.2) is 22.4 Å². The van der Waals surface area contributed by atoms with Crippen molar-refractivity contribution in [3.8, 4) is 0 Å². The number of carbonyl (C=O) groups is 2. The molecule has 30 heavy (non-hydrogen) atoms. The first kappa shape index (κ1) is 22.3. The summed E-state index contributed by atoms with van der Waals surface area (Å²) in [6.07, 6.45) is 0.410. The van der Waals surface area contributed by atoms with Gasteiger partial charge in [0, 0.05) is 17.3 Å². The van der Waals surface area contributed by atoms with E-state index in [-0.39, 0.29) is 21.6 Å². The molecule has 0 atom stereocenters. The molecule has 3 rings (SSSR count). The van der Waals surface area contributed by atoms with Gasteiger partial charge >= 0.3 is 5.97 Å². The summed E-state index contributed by atoms with van der Waals surface area (Å²) in [5, 5.41) is 0. The smallest absolute Gasteiger partial charge is 0.340 e. The summed E-state index contributed by atoms with van der Waals surface area (Å²) in [6.45, 7) is 8.13. The Morgan fingerprint density at radius 1 is 1.23 bits per heavy atom. The van der Waals surface area contributed by atoms with Gasteiger partial charge in [0.1, 0.15) is 0 Å². The van der Waals surface area contributed by atoms with E-state index in [9.17, 15) is 18.0 Å². The number of rotatable bonds is 5. The second-order valence-corrected chi connectivity index (χ2v) is 10.7. The fraction of sp³-hybridized carbons (Fsp3) is 0.429. The van der Waals surface area contributed by atoms with Crippen LogP contribution in [0.3, 0.4) is 0 Å². The summed E-state index contributed by atoms with van der Waals surface area (Å²) in [4.78, 5) is 27.3. The third-order valence-electron chi connectivity index (χ3n) is 5.31. The summed E-state index contributed by atoms with van der Waals surface area (Å²) < 4.78 is 34.0. The predicted octanol–water partition coefficient (Wildman–Crippen LogP) is 3.49. The molecule has 0 radical (unpaired) electrons. The average Bonchev–Trinajstić information content (AvgIpc) is 3.09. The summed E-state index contributed by atoms with van der Waals surface area (Å²) in [7, 11) is -2.79. The SMILES string of the molecule is COC(=O)c1c(S(=O)(=O)Nc2cccc(C)c2C)sc2c1CCN(C(=O)C(C)C)C2. The lowest BCUT2D eigenvalue weighted by molar-refractivity contribution is -0.135. The second-order valence-electron chi connectivity index (χ2n) is 7.68. The van der Waals surface area contributed by atoms with E-state index in [1.165, 1.54) is 7.11 Å². The third-order valence-corrected chi connectivity index (χ3v) is 8.41. The van der Waals surface area contributed by atoms with Gasteiger partial charge in [-0.1, -0.05) is 26.0 Å². The van der Waals surface area contributed by atoms with E-state index >= 15 is 0 Å². The molecule has 1 aliphatic heterocycles. The Hall–Kier alpha value is -2.39. The van der Waals surface area contributed by atoms with Crippen LogP contribution in [0.1, 0.15) is 45.8 Å². The zero-order chi connectivity index (χ0) is 22.2. The van der Waals surface area contributed by atoms with Gasteiger partial charge in [-0.2, -0.15) is 0 Å². The predicted molar refractivity (Wildman–Crippen MR) is 116 cm³/mol. The zero-order valence-electron chi connectivity index (χ0n) is 17.7. The molecule has 1 aromatic heterocycles. The first-order valence-electron chi connectivity index (χ1n) is 9.67. The van der Waals surface area contributed by atoms with Gasteiger partial charge in [-0.05, 0) is 43.0 Å². The first-order valence-corrected chi connectivity index (χ1v) is 12.0. The van der Waals surface area contributed by atoms with Gasteiger partial charge in [0.2, 0.25) is 5.91 Å². The summed E-state index contributed by atoms with van der Waals surface area (Å²) in [5.74, 6) is -0.829. The van der Waals surface area contributed by atoms with Crippen LogP contribution in [0.2, 0.25) is 0 Å². The van der Waals surface area contributed by atoms with E-state index in [1.807, 2.05) is 33.8 Å². The van der Waals surface area contributed by atoms with Gasteiger partial charge in [-0.3, -0.25) is 9.52 Å². The minimum Gasteiger partial charge on any atom is -0.465 e. The topological polar surface area (TPSA) is 92.8 Å². The molecule has 162 valence electrons. The number of ether oxygens (including phenoxy) is 1. The molecule has 2 aromatic rings. The van der Waals surface area contributed by atoms with Crippen LogP contribution in [-0.4, -0.2) is 38.8 Å². The number of benzene rings is 1. The van der Waals surface area contributed by atoms with Crippen molar-refractivity contribution in [1.29, 1.82) is 0 Å². The molecular formula is C21H26N2O5S2. The van der Waals surface area contributed by atoms with Crippen molar-refractivity contribution >= 4 is 38.9 Å². The van der Waals surface area contributed by atoms with Crippen molar-refractivity contribution in [3.05, 3.63) is 45.3 Å². The third kappa shape index (κ3) is 4.09. The zero-order valence-corrected chi connectivity index (χ0v) is 19.4. The fourth-order valence-corrected chi connectivity index (χ4v) is 6.51. The Balaban J connectivity index is 2.05. The highest BCUT2D eigenvalue weighted by Gasteiger charge is 2.35. The van der Waals surface area contributed by atoms with Gasteiger partial charge < -0.3 is 9.64 Å². The average molecular weight is 451 g/mol. The Morgan fingerprint density at radius 3 is 2.57 bits per heavy atom. The molecular weight excluding hydrogens is 424 g/mol. The van der Waals surface area contributed by atoms with E-state index in [2.05, 4.69) is 4.72 Å². The molecule has 0 aliphatic carbocycles. The number of fused-ring (bicyclic) bond motifs is 1. The minimum atomic E-state index is -4.02. The Labute approximate surface area is 181 Å². The molecule has 0 spiro atoms. The number of amides is 1. The quantitative estimate of drug-likeness (QED) is 0.704. The number of sulfonamides is 1. The van der Waals surface area contributed by atoms with Crippen LogP contribution >= 0.6 is 11.3 Å². The Morgan fingerprint density at radius 2 is 1.93 bits per heavy atom. The molecule has 0 unspecified atom stereocenters. The van der Waals surface area contributed by atoms with Crippen LogP contribution in [-0.2, 0) is 32.5 Å². The molecule has 0 fully saturated rings. The molecule has 7 nitrogen and oxygen atoms in total. The number of methoxy groups -OCH3 is 1. The van der Waals surface area contributed by atoms with E-state index in [0.717, 1.165) is 22.5 Å². The highest BCUT2D eigenvalue weighted by Crippen LogP contribution is 2.38. The monoisotopic (exact) mass is 450 g/mol. The number of thiophene rings is 1. The summed E-state index contributed by atoms with van der Waals surface area (Å²) in [5.41, 5.74) is 2.97. The lowest BCUT2D eigenvalue weighted by Gasteiger charge is -2.28. The number of esters is 1. The van der Waals surface area contributed by atoms with Gasteiger partial charge in [-0.15, -0.1) is 11.3 Å². The largest absolute Gasteiger partial charge is 0.465 e. The van der Waals surface area contributed by atoms with E-state index in [0.29, 0.717) is 35.6 Å². The van der Waals surface area contributed by atoms with Gasteiger partial charge in [0.25, 0.3) is 10.0 Å². The number of carbonyl (C=O) groups excluding carboxylic acids is 2. The van der Waals surface area contributed by atoms with Crippen molar-refractivity contribution in [2.24, 2.45) is 5.92 Å². The lowest BCUT2D eigenvalue weighted by Crippen LogP contribution is -2.38. The molecule has 1 aliphatic rings. The number of hydrogen-bond acceptors (Lipinski definition) is 6. The van der Waals surface area contributed by atoms with Gasteiger partial charge in [0.15, 0.2) is 4.21 Å². The number of nitrogens with one attached hydrogen (secondary N) is 1. The molecule has 0 bridgehead atoms. The fourth-order valence-electron chi connectivity index (χ4n) is 3.48. The van der Waals surface area contributed by atoms with Crippen molar-refractivity contribution in [3.63, 3.8) is 0 Å². The van der Waals surface area contributed by atoms with Gasteiger partial charge in [0.05, 0.1) is 24.9 Å². The highest BCUT2D eigenvalue weighted by atomic mass is 32.2. The van der Waals surface area contributed by atoms with Crippen molar-refractivity contribution in [1.82, 2.24) is 4.90 Å². The Kier molecular flexibility index (Phi) is 6.24. The maximum Gasteiger partial charge on any atom is 0.340 e. The second kappa shape index (κ2) is 8.39. The molecule has 0 saturated carbocycles. The number of nitrogens with zero attached hydrogens (tertiary/aromatic N) is 1. The number of hydrogen-bond donors (Lipinski definition) is 1. The highest BCUT2D eigenvalue weighted by molar-refractivity contribution is 7.94. The van der Waals surface area contributed by atoms with Crippen molar-refractivity contribution < 1.29 is 22.7 Å². The molecule has 2 heterocycles. The normalized spacial score (nSPS) is 13.9. The van der Waals surface area contributed by atoms with Crippen LogP contribution in [0.5, 0.6) is 0 Å². The van der Waals surface area contributed by atoms with Crippen LogP contribution in [0, 0.1) is 19.8 Å². The standard InChI is InChI=1S/C21H26N2O5S2/c1-12(2)19(24)23-10-9-15-17(11-23)29-21(18(15)20(25)28-5)30(26,27)22-16-8-6-7-13(3)14(16)4/h6-8,12,22H,9-11H2,1-5H3. The molecule has 1 amide bonds. The van der Waals surface area contributed by atoms with E-state index in [4.69, 9.17) is 4.74 Å². The number of anilines is 1. The minimum absolute atomic E-state index is 0.00610. The van der Waals surface area contributed by atoms with E-state index < -0.39 is 16.0 Å². The van der Waals surface area contributed by atoms with Crippen molar-refractivity contribution in [2.45, 2.75) is 44.9 Å². The first-order chi connectivity index (χ1) is 14.1. The maximum absolute atomic E-state index is 13.3. The molecule has 0 saturated heterocycles. The summed E-state index contributed by atoms with van der Waals surface area (Å²) >= 11 is 1.03. The molecule has 1 aromatic carbocycles. The van der Waals surface area contributed by atoms with Crippen LogP contribution in [0.25, 0.3) is 0 Å². The van der Waals surface area contributed by atoms with Crippen molar-refractivity contribution in [2.75, 3.05) is 18.4 Å². The van der Waals surface area contributed by atoms with E-state index in [1.54, 1.807) is 17.0 Å². The molecule has 9 heteroatoms.